The van der Waals surface area contributed by atoms with Crippen LogP contribution in [0.4, 0.5) is 0 Å². The van der Waals surface area contributed by atoms with Gasteiger partial charge < -0.3 is 10.2 Å². The Kier molecular flexibility index (Phi) is 5.41. The highest BCUT2D eigenvalue weighted by molar-refractivity contribution is 5.80. The van der Waals surface area contributed by atoms with Gasteiger partial charge in [0, 0.05) is 0 Å². The van der Waals surface area contributed by atoms with Crippen LogP contribution >= 0.6 is 0 Å². The Morgan fingerprint density at radius 3 is 2.35 bits per heavy atom. The molecule has 17 heavy (non-hydrogen) atoms. The molecule has 1 aliphatic carbocycles. The largest absolute Gasteiger partial charge is 0.481 e. The molecule has 0 aromatic carbocycles. The number of hydrogen-bond donors (Lipinski definition) is 2. The molecule has 5 heteroatoms. The van der Waals surface area contributed by atoms with E-state index in [1.165, 1.54) is 25.7 Å². The first-order chi connectivity index (χ1) is 8.00. The van der Waals surface area contributed by atoms with Gasteiger partial charge in [0.25, 0.3) is 0 Å². The van der Waals surface area contributed by atoms with Crippen LogP contribution in [-0.4, -0.2) is 46.7 Å². The lowest BCUT2D eigenvalue weighted by Crippen LogP contribution is -2.41. The van der Waals surface area contributed by atoms with E-state index in [1.54, 1.807) is 11.9 Å². The minimum atomic E-state index is -1.06. The summed E-state index contributed by atoms with van der Waals surface area (Å²) in [5, 5.41) is 17.7. The van der Waals surface area contributed by atoms with Crippen molar-refractivity contribution in [2.24, 2.45) is 5.92 Å². The topological polar surface area (TPSA) is 77.8 Å². The highest BCUT2D eigenvalue weighted by Crippen LogP contribution is 2.27. The zero-order valence-corrected chi connectivity index (χ0v) is 10.3. The first-order valence-electron chi connectivity index (χ1n) is 6.15. The fourth-order valence-electron chi connectivity index (χ4n) is 2.44. The van der Waals surface area contributed by atoms with Gasteiger partial charge in [-0.3, -0.25) is 14.5 Å². The maximum Gasteiger partial charge on any atom is 0.321 e. The van der Waals surface area contributed by atoms with E-state index in [0.29, 0.717) is 12.5 Å². The van der Waals surface area contributed by atoms with Crippen molar-refractivity contribution in [2.45, 2.75) is 44.6 Å². The molecule has 0 aromatic rings. The molecular weight excluding hydrogens is 222 g/mol. The number of carboxylic acid groups (broad SMARTS) is 2. The van der Waals surface area contributed by atoms with Crippen LogP contribution < -0.4 is 0 Å². The van der Waals surface area contributed by atoms with Crippen LogP contribution in [0.1, 0.15) is 38.5 Å². The van der Waals surface area contributed by atoms with Crippen molar-refractivity contribution >= 4 is 11.9 Å². The van der Waals surface area contributed by atoms with Crippen molar-refractivity contribution < 1.29 is 19.8 Å². The predicted molar refractivity (Wildman–Crippen MR) is 62.9 cm³/mol. The fraction of sp³-hybridized carbons (Fsp3) is 0.833. The number of rotatable bonds is 7. The van der Waals surface area contributed by atoms with E-state index in [2.05, 4.69) is 0 Å². The average Bonchev–Trinajstić information content (AvgIpc) is 2.74. The second kappa shape index (κ2) is 6.59. The smallest absolute Gasteiger partial charge is 0.321 e. The minimum Gasteiger partial charge on any atom is -0.481 e. The van der Waals surface area contributed by atoms with Gasteiger partial charge in [-0.25, -0.2) is 0 Å². The van der Waals surface area contributed by atoms with Crippen LogP contribution in [0.25, 0.3) is 0 Å². The number of aliphatic carboxylic acids is 2. The molecule has 1 unspecified atom stereocenters. The molecule has 0 aromatic heterocycles. The monoisotopic (exact) mass is 243 g/mol. The van der Waals surface area contributed by atoms with Crippen molar-refractivity contribution in [3.8, 4) is 0 Å². The van der Waals surface area contributed by atoms with E-state index >= 15 is 0 Å². The van der Waals surface area contributed by atoms with Gasteiger partial charge in [0.05, 0.1) is 6.42 Å². The van der Waals surface area contributed by atoms with E-state index in [1.807, 2.05) is 0 Å². The first-order valence-corrected chi connectivity index (χ1v) is 6.15. The summed E-state index contributed by atoms with van der Waals surface area (Å²) in [6, 6.07) is -0.908. The molecule has 1 aliphatic rings. The van der Waals surface area contributed by atoms with Gasteiger partial charge in [0.1, 0.15) is 6.04 Å². The van der Waals surface area contributed by atoms with E-state index in [9.17, 15) is 9.59 Å². The molecule has 0 saturated heterocycles. The summed E-state index contributed by atoms with van der Waals surface area (Å²) in [5.74, 6) is -1.43. The molecule has 0 spiro atoms. The Morgan fingerprint density at radius 2 is 1.88 bits per heavy atom. The Labute approximate surface area is 101 Å². The SMILES string of the molecule is CN(CCC1CCCC1)C(CC(=O)O)C(=O)O. The normalized spacial score (nSPS) is 18.5. The third-order valence-corrected chi connectivity index (χ3v) is 3.55. The molecule has 98 valence electrons. The molecule has 0 heterocycles. The Balaban J connectivity index is 2.38. The maximum absolute atomic E-state index is 11.0. The van der Waals surface area contributed by atoms with Gasteiger partial charge in [-0.15, -0.1) is 0 Å². The molecule has 0 amide bonds. The van der Waals surface area contributed by atoms with Crippen LogP contribution in [0.15, 0.2) is 0 Å². The molecule has 0 bridgehead atoms. The first kappa shape index (κ1) is 14.0. The molecule has 0 radical (unpaired) electrons. The third kappa shape index (κ3) is 4.73. The van der Waals surface area contributed by atoms with Crippen LogP contribution in [0.5, 0.6) is 0 Å². The van der Waals surface area contributed by atoms with Gasteiger partial charge in [0.2, 0.25) is 0 Å². The lowest BCUT2D eigenvalue weighted by Gasteiger charge is -2.24. The Hall–Kier alpha value is -1.10. The van der Waals surface area contributed by atoms with Crippen LogP contribution in [0.2, 0.25) is 0 Å². The van der Waals surface area contributed by atoms with Crippen molar-refractivity contribution in [2.75, 3.05) is 13.6 Å². The van der Waals surface area contributed by atoms with E-state index in [4.69, 9.17) is 10.2 Å². The van der Waals surface area contributed by atoms with E-state index < -0.39 is 18.0 Å². The lowest BCUT2D eigenvalue weighted by molar-refractivity contribution is -0.149. The average molecular weight is 243 g/mol. The third-order valence-electron chi connectivity index (χ3n) is 3.55. The summed E-state index contributed by atoms with van der Waals surface area (Å²) in [5.41, 5.74) is 0. The number of carboxylic acids is 2. The molecule has 0 aliphatic heterocycles. The van der Waals surface area contributed by atoms with Gasteiger partial charge in [0.15, 0.2) is 0 Å². The van der Waals surface area contributed by atoms with E-state index in [0.717, 1.165) is 6.42 Å². The van der Waals surface area contributed by atoms with Crippen molar-refractivity contribution in [3.63, 3.8) is 0 Å². The quantitative estimate of drug-likeness (QED) is 0.707. The van der Waals surface area contributed by atoms with Gasteiger partial charge in [-0.1, -0.05) is 25.7 Å². The molecule has 1 fully saturated rings. The zero-order valence-electron chi connectivity index (χ0n) is 10.3. The standard InChI is InChI=1S/C12H21NO4/c1-13(7-6-9-4-2-3-5-9)10(12(16)17)8-11(14)15/h9-10H,2-8H2,1H3,(H,14,15)(H,16,17). The minimum absolute atomic E-state index is 0.337. The van der Waals surface area contributed by atoms with Crippen molar-refractivity contribution in [1.29, 1.82) is 0 Å². The predicted octanol–water partition coefficient (Wildman–Crippen LogP) is 1.43. The number of nitrogens with zero attached hydrogens (tertiary/aromatic N) is 1. The molecule has 1 atom stereocenters. The highest BCUT2D eigenvalue weighted by atomic mass is 16.4. The summed E-state index contributed by atoms with van der Waals surface area (Å²) >= 11 is 0. The molecule has 1 rings (SSSR count). The second-order valence-electron chi connectivity index (χ2n) is 4.87. The van der Waals surface area contributed by atoms with Crippen molar-refractivity contribution in [1.82, 2.24) is 4.90 Å². The van der Waals surface area contributed by atoms with Crippen LogP contribution in [0, 0.1) is 5.92 Å². The highest BCUT2D eigenvalue weighted by Gasteiger charge is 2.26. The van der Waals surface area contributed by atoms with Crippen LogP contribution in [0.3, 0.4) is 0 Å². The molecule has 2 N–H and O–H groups in total. The summed E-state index contributed by atoms with van der Waals surface area (Å²) < 4.78 is 0. The fourth-order valence-corrected chi connectivity index (χ4v) is 2.44. The van der Waals surface area contributed by atoms with Gasteiger partial charge in [-0.2, -0.15) is 0 Å². The Morgan fingerprint density at radius 1 is 1.29 bits per heavy atom. The zero-order chi connectivity index (χ0) is 12.8. The second-order valence-corrected chi connectivity index (χ2v) is 4.87. The van der Waals surface area contributed by atoms with Crippen molar-refractivity contribution in [3.05, 3.63) is 0 Å². The molecular formula is C12H21NO4. The van der Waals surface area contributed by atoms with E-state index in [-0.39, 0.29) is 6.42 Å². The number of likely N-dealkylation sites (N-methyl/N-ethyl adjacent to an activating group) is 1. The summed E-state index contributed by atoms with van der Waals surface area (Å²) in [4.78, 5) is 23.2. The summed E-state index contributed by atoms with van der Waals surface area (Å²) in [6.07, 6.45) is 5.63. The van der Waals surface area contributed by atoms with Gasteiger partial charge >= 0.3 is 11.9 Å². The van der Waals surface area contributed by atoms with Gasteiger partial charge in [-0.05, 0) is 25.9 Å². The summed E-state index contributed by atoms with van der Waals surface area (Å²) in [6.45, 7) is 0.662. The maximum atomic E-state index is 11.0. The number of carbonyl (C=O) groups is 2. The lowest BCUT2D eigenvalue weighted by atomic mass is 10.0. The van der Waals surface area contributed by atoms with Crippen LogP contribution in [-0.2, 0) is 9.59 Å². The Bertz CT molecular complexity index is 274. The number of hydrogen-bond acceptors (Lipinski definition) is 3. The molecule has 5 nitrogen and oxygen atoms in total. The molecule has 1 saturated carbocycles. The summed E-state index contributed by atoms with van der Waals surface area (Å²) in [7, 11) is 1.69.